The maximum Gasteiger partial charge on any atom is 0.144 e. The molecule has 1 aliphatic rings. The van der Waals surface area contributed by atoms with Gasteiger partial charge in [-0.3, -0.25) is 4.90 Å². The lowest BCUT2D eigenvalue weighted by Crippen LogP contribution is -2.25. The van der Waals surface area contributed by atoms with Crippen LogP contribution in [0.4, 0.5) is 4.39 Å². The van der Waals surface area contributed by atoms with E-state index in [1.165, 1.54) is 24.1 Å². The Morgan fingerprint density at radius 3 is 2.52 bits per heavy atom. The van der Waals surface area contributed by atoms with Gasteiger partial charge in [0.05, 0.1) is 12.6 Å². The van der Waals surface area contributed by atoms with E-state index in [9.17, 15) is 4.39 Å². The van der Waals surface area contributed by atoms with Crippen molar-refractivity contribution in [2.45, 2.75) is 32.0 Å². The second-order valence-corrected chi connectivity index (χ2v) is 6.52. The molecule has 0 saturated carbocycles. The molecule has 0 N–H and O–H groups in total. The number of hydrogen-bond donors (Lipinski definition) is 0. The molecule has 1 aliphatic heterocycles. The molecule has 1 atom stereocenters. The molecular weight excluding hydrogens is 315 g/mol. The molecule has 5 heteroatoms. The molecule has 4 nitrogen and oxygen atoms in total. The van der Waals surface area contributed by atoms with Crippen molar-refractivity contribution in [2.24, 2.45) is 0 Å². The molecule has 1 aromatic heterocycles. The highest BCUT2D eigenvalue weighted by molar-refractivity contribution is 5.18. The minimum atomic E-state index is -0.215. The third kappa shape index (κ3) is 3.61. The van der Waals surface area contributed by atoms with Gasteiger partial charge in [-0.1, -0.05) is 42.5 Å². The first-order chi connectivity index (χ1) is 12.3. The van der Waals surface area contributed by atoms with Crippen LogP contribution in [0.15, 0.2) is 60.9 Å². The van der Waals surface area contributed by atoms with E-state index < -0.39 is 0 Å². The smallest absolute Gasteiger partial charge is 0.144 e. The Labute approximate surface area is 146 Å². The SMILES string of the molecule is Fc1ccc(Cn2ncnc2[C@@H]2CCCN2Cc2ccccc2)cc1. The van der Waals surface area contributed by atoms with Crippen LogP contribution in [0.2, 0.25) is 0 Å². The minimum absolute atomic E-state index is 0.215. The number of halogens is 1. The van der Waals surface area contributed by atoms with Crippen LogP contribution >= 0.6 is 0 Å². The van der Waals surface area contributed by atoms with Gasteiger partial charge < -0.3 is 0 Å². The Morgan fingerprint density at radius 1 is 0.960 bits per heavy atom. The van der Waals surface area contributed by atoms with Crippen LogP contribution in [0.5, 0.6) is 0 Å². The summed E-state index contributed by atoms with van der Waals surface area (Å²) in [5.41, 5.74) is 2.35. The van der Waals surface area contributed by atoms with Gasteiger partial charge in [-0.25, -0.2) is 14.1 Å². The monoisotopic (exact) mass is 336 g/mol. The standard InChI is InChI=1S/C20H21FN4/c21-18-10-8-17(9-11-18)14-25-20(22-15-23-25)19-7-4-12-24(19)13-16-5-2-1-3-6-16/h1-3,5-6,8-11,15,19H,4,7,12-14H2/t19-/m0/s1. The summed E-state index contributed by atoms with van der Waals surface area (Å²) in [5, 5.41) is 4.41. The summed E-state index contributed by atoms with van der Waals surface area (Å²) in [6, 6.07) is 17.4. The summed E-state index contributed by atoms with van der Waals surface area (Å²) in [5.74, 6) is 0.783. The van der Waals surface area contributed by atoms with Gasteiger partial charge in [0.2, 0.25) is 0 Å². The Bertz CT molecular complexity index is 813. The molecule has 0 radical (unpaired) electrons. The van der Waals surface area contributed by atoms with E-state index in [2.05, 4.69) is 39.2 Å². The summed E-state index contributed by atoms with van der Waals surface area (Å²) in [6.07, 6.45) is 3.88. The first-order valence-corrected chi connectivity index (χ1v) is 8.70. The Balaban J connectivity index is 1.53. The first-order valence-electron chi connectivity index (χ1n) is 8.70. The first kappa shape index (κ1) is 16.0. The number of rotatable bonds is 5. The van der Waals surface area contributed by atoms with Crippen LogP contribution in [0, 0.1) is 5.82 Å². The second kappa shape index (κ2) is 7.15. The van der Waals surface area contributed by atoms with E-state index in [1.807, 2.05) is 10.7 Å². The highest BCUT2D eigenvalue weighted by atomic mass is 19.1. The van der Waals surface area contributed by atoms with Crippen molar-refractivity contribution >= 4 is 0 Å². The van der Waals surface area contributed by atoms with Gasteiger partial charge in [-0.2, -0.15) is 5.10 Å². The molecule has 1 saturated heterocycles. The topological polar surface area (TPSA) is 34.0 Å². The molecule has 25 heavy (non-hydrogen) atoms. The average molecular weight is 336 g/mol. The zero-order chi connectivity index (χ0) is 17.1. The van der Waals surface area contributed by atoms with Crippen LogP contribution in [0.3, 0.4) is 0 Å². The number of likely N-dealkylation sites (tertiary alicyclic amines) is 1. The minimum Gasteiger partial charge on any atom is -0.289 e. The fourth-order valence-electron chi connectivity index (χ4n) is 3.54. The zero-order valence-electron chi connectivity index (χ0n) is 14.1. The predicted octanol–water partition coefficient (Wildman–Crippen LogP) is 3.80. The lowest BCUT2D eigenvalue weighted by molar-refractivity contribution is 0.234. The van der Waals surface area contributed by atoms with E-state index in [-0.39, 0.29) is 11.9 Å². The zero-order valence-corrected chi connectivity index (χ0v) is 14.1. The molecule has 0 spiro atoms. The number of aromatic nitrogens is 3. The van der Waals surface area contributed by atoms with Crippen LogP contribution < -0.4 is 0 Å². The van der Waals surface area contributed by atoms with Gasteiger partial charge in [-0.15, -0.1) is 0 Å². The van der Waals surface area contributed by atoms with Gasteiger partial charge in [0, 0.05) is 6.54 Å². The molecule has 3 aromatic rings. The molecule has 1 fully saturated rings. The summed E-state index contributed by atoms with van der Waals surface area (Å²) in [7, 11) is 0. The molecule has 2 aromatic carbocycles. The lowest BCUT2D eigenvalue weighted by atomic mass is 10.1. The van der Waals surface area contributed by atoms with Gasteiger partial charge in [0.15, 0.2) is 0 Å². The molecule has 128 valence electrons. The third-order valence-corrected chi connectivity index (χ3v) is 4.78. The number of benzene rings is 2. The van der Waals surface area contributed by atoms with Crippen molar-refractivity contribution in [3.8, 4) is 0 Å². The molecule has 0 amide bonds. The van der Waals surface area contributed by atoms with Gasteiger partial charge in [0.25, 0.3) is 0 Å². The molecule has 4 rings (SSSR count). The van der Waals surface area contributed by atoms with Crippen molar-refractivity contribution in [1.82, 2.24) is 19.7 Å². The molecule has 0 aliphatic carbocycles. The molecule has 0 unspecified atom stereocenters. The number of hydrogen-bond acceptors (Lipinski definition) is 3. The van der Waals surface area contributed by atoms with Gasteiger partial charge >= 0.3 is 0 Å². The predicted molar refractivity (Wildman–Crippen MR) is 94.4 cm³/mol. The fraction of sp³-hybridized carbons (Fsp3) is 0.300. The van der Waals surface area contributed by atoms with Crippen LogP contribution in [0.25, 0.3) is 0 Å². The van der Waals surface area contributed by atoms with Gasteiger partial charge in [0.1, 0.15) is 18.0 Å². The van der Waals surface area contributed by atoms with Crippen molar-refractivity contribution in [1.29, 1.82) is 0 Å². The largest absolute Gasteiger partial charge is 0.289 e. The normalized spacial score (nSPS) is 17.9. The van der Waals surface area contributed by atoms with E-state index in [0.717, 1.165) is 30.9 Å². The summed E-state index contributed by atoms with van der Waals surface area (Å²) in [6.45, 7) is 2.61. The quantitative estimate of drug-likeness (QED) is 0.711. The van der Waals surface area contributed by atoms with E-state index in [1.54, 1.807) is 18.5 Å². The van der Waals surface area contributed by atoms with Crippen LogP contribution in [-0.2, 0) is 13.1 Å². The van der Waals surface area contributed by atoms with Crippen molar-refractivity contribution < 1.29 is 4.39 Å². The van der Waals surface area contributed by atoms with Crippen LogP contribution in [-0.4, -0.2) is 26.2 Å². The Hall–Kier alpha value is -2.53. The highest BCUT2D eigenvalue weighted by Crippen LogP contribution is 2.32. The van der Waals surface area contributed by atoms with Crippen molar-refractivity contribution in [3.05, 3.63) is 83.7 Å². The van der Waals surface area contributed by atoms with E-state index >= 15 is 0 Å². The summed E-state index contributed by atoms with van der Waals surface area (Å²) in [4.78, 5) is 7.01. The fourth-order valence-corrected chi connectivity index (χ4v) is 3.54. The lowest BCUT2D eigenvalue weighted by Gasteiger charge is -2.24. The van der Waals surface area contributed by atoms with Crippen molar-refractivity contribution in [3.63, 3.8) is 0 Å². The van der Waals surface area contributed by atoms with Crippen molar-refractivity contribution in [2.75, 3.05) is 6.54 Å². The van der Waals surface area contributed by atoms with Crippen LogP contribution in [0.1, 0.15) is 35.8 Å². The Kier molecular flexibility index (Phi) is 4.57. The molecule has 2 heterocycles. The van der Waals surface area contributed by atoms with E-state index in [0.29, 0.717) is 6.54 Å². The highest BCUT2D eigenvalue weighted by Gasteiger charge is 2.29. The maximum atomic E-state index is 13.1. The molecule has 0 bridgehead atoms. The van der Waals surface area contributed by atoms with E-state index in [4.69, 9.17) is 0 Å². The third-order valence-electron chi connectivity index (χ3n) is 4.78. The summed E-state index contributed by atoms with van der Waals surface area (Å²) >= 11 is 0. The van der Waals surface area contributed by atoms with Gasteiger partial charge in [-0.05, 0) is 42.6 Å². The maximum absolute atomic E-state index is 13.1. The Morgan fingerprint density at radius 2 is 1.72 bits per heavy atom. The molecular formula is C20H21FN4. The second-order valence-electron chi connectivity index (χ2n) is 6.52. The number of nitrogens with zero attached hydrogens (tertiary/aromatic N) is 4. The summed E-state index contributed by atoms with van der Waals surface area (Å²) < 4.78 is 15.1. The average Bonchev–Trinajstić information content (AvgIpc) is 3.27.